The first-order valence-electron chi connectivity index (χ1n) is 7.64. The summed E-state index contributed by atoms with van der Waals surface area (Å²) < 4.78 is 11.2. The molecule has 1 aliphatic rings. The number of carbonyl (C=O) groups excluding carboxylic acids is 1. The van der Waals surface area contributed by atoms with E-state index in [1.807, 2.05) is 36.1 Å². The standard InChI is InChI=1S/C16H24N2O3/c1-2-20-14-7-3-4-8-15(14)21-12-9-17-13-16(19)18-10-5-6-11-18/h3-4,7-8,17H,2,5-6,9-13H2,1H3. The number of hydrogen-bond donors (Lipinski definition) is 1. The number of rotatable bonds is 8. The van der Waals surface area contributed by atoms with E-state index in [1.165, 1.54) is 0 Å². The van der Waals surface area contributed by atoms with Gasteiger partial charge in [0.2, 0.25) is 5.91 Å². The van der Waals surface area contributed by atoms with E-state index in [0.29, 0.717) is 26.3 Å². The Morgan fingerprint density at radius 3 is 2.52 bits per heavy atom. The maximum absolute atomic E-state index is 11.8. The van der Waals surface area contributed by atoms with Crippen molar-refractivity contribution in [2.75, 3.05) is 39.4 Å². The summed E-state index contributed by atoms with van der Waals surface area (Å²) in [5.41, 5.74) is 0. The molecule has 1 heterocycles. The van der Waals surface area contributed by atoms with E-state index in [2.05, 4.69) is 5.32 Å². The Morgan fingerprint density at radius 1 is 1.19 bits per heavy atom. The lowest BCUT2D eigenvalue weighted by atomic mass is 10.3. The highest BCUT2D eigenvalue weighted by atomic mass is 16.5. The first-order chi connectivity index (χ1) is 10.3. The Balaban J connectivity index is 1.64. The van der Waals surface area contributed by atoms with Crippen LogP contribution in [0.3, 0.4) is 0 Å². The molecule has 1 amide bonds. The fourth-order valence-corrected chi connectivity index (χ4v) is 2.35. The second kappa shape index (κ2) is 8.52. The van der Waals surface area contributed by atoms with E-state index in [-0.39, 0.29) is 5.91 Å². The molecule has 1 saturated heterocycles. The van der Waals surface area contributed by atoms with E-state index < -0.39 is 0 Å². The van der Waals surface area contributed by atoms with Crippen LogP contribution in [0.5, 0.6) is 11.5 Å². The fourth-order valence-electron chi connectivity index (χ4n) is 2.35. The van der Waals surface area contributed by atoms with Gasteiger partial charge in [-0.15, -0.1) is 0 Å². The minimum absolute atomic E-state index is 0.183. The summed E-state index contributed by atoms with van der Waals surface area (Å²) in [5, 5.41) is 3.13. The molecule has 1 aromatic rings. The molecule has 5 heteroatoms. The molecule has 1 aromatic carbocycles. The number of nitrogens with zero attached hydrogens (tertiary/aromatic N) is 1. The maximum atomic E-state index is 11.8. The van der Waals surface area contributed by atoms with E-state index in [4.69, 9.17) is 9.47 Å². The predicted octanol–water partition coefficient (Wildman–Crippen LogP) is 1.68. The molecule has 0 radical (unpaired) electrons. The molecule has 0 atom stereocenters. The summed E-state index contributed by atoms with van der Waals surface area (Å²) in [6.45, 7) is 5.90. The topological polar surface area (TPSA) is 50.8 Å². The molecule has 116 valence electrons. The summed E-state index contributed by atoms with van der Waals surface area (Å²) in [6, 6.07) is 7.62. The molecule has 0 aromatic heterocycles. The van der Waals surface area contributed by atoms with Crippen LogP contribution in [0.1, 0.15) is 19.8 Å². The van der Waals surface area contributed by atoms with Crippen LogP contribution in [0.15, 0.2) is 24.3 Å². The Kier molecular flexibility index (Phi) is 6.34. The lowest BCUT2D eigenvalue weighted by molar-refractivity contribution is -0.129. The zero-order chi connectivity index (χ0) is 14.9. The second-order valence-electron chi connectivity index (χ2n) is 4.99. The quantitative estimate of drug-likeness (QED) is 0.741. The SMILES string of the molecule is CCOc1ccccc1OCCNCC(=O)N1CCCC1. The largest absolute Gasteiger partial charge is 0.490 e. The third-order valence-electron chi connectivity index (χ3n) is 3.42. The summed E-state index contributed by atoms with van der Waals surface area (Å²) >= 11 is 0. The van der Waals surface area contributed by atoms with E-state index >= 15 is 0 Å². The van der Waals surface area contributed by atoms with Crippen molar-refractivity contribution in [3.63, 3.8) is 0 Å². The molecule has 21 heavy (non-hydrogen) atoms. The van der Waals surface area contributed by atoms with Crippen molar-refractivity contribution in [3.8, 4) is 11.5 Å². The molecule has 1 aliphatic heterocycles. The highest BCUT2D eigenvalue weighted by Gasteiger charge is 2.16. The van der Waals surface area contributed by atoms with Gasteiger partial charge in [-0.05, 0) is 31.9 Å². The van der Waals surface area contributed by atoms with Gasteiger partial charge in [-0.3, -0.25) is 4.79 Å². The highest BCUT2D eigenvalue weighted by molar-refractivity contribution is 5.78. The molecule has 2 rings (SSSR count). The molecule has 0 unspecified atom stereocenters. The molecule has 5 nitrogen and oxygen atoms in total. The highest BCUT2D eigenvalue weighted by Crippen LogP contribution is 2.25. The number of carbonyl (C=O) groups is 1. The van der Waals surface area contributed by atoms with Crippen molar-refractivity contribution in [2.45, 2.75) is 19.8 Å². The van der Waals surface area contributed by atoms with Gasteiger partial charge in [0.1, 0.15) is 6.61 Å². The van der Waals surface area contributed by atoms with Crippen molar-refractivity contribution >= 4 is 5.91 Å². The Hall–Kier alpha value is -1.75. The average Bonchev–Trinajstić information content (AvgIpc) is 3.03. The van der Waals surface area contributed by atoms with Crippen molar-refractivity contribution in [3.05, 3.63) is 24.3 Å². The molecule has 0 bridgehead atoms. The molecule has 0 saturated carbocycles. The van der Waals surface area contributed by atoms with Crippen LogP contribution in [0.4, 0.5) is 0 Å². The first-order valence-corrected chi connectivity index (χ1v) is 7.64. The van der Waals surface area contributed by atoms with Gasteiger partial charge in [0.05, 0.1) is 13.2 Å². The van der Waals surface area contributed by atoms with Crippen molar-refractivity contribution in [1.82, 2.24) is 10.2 Å². The number of benzene rings is 1. The van der Waals surface area contributed by atoms with Gasteiger partial charge < -0.3 is 19.7 Å². The van der Waals surface area contributed by atoms with Crippen molar-refractivity contribution in [2.24, 2.45) is 0 Å². The van der Waals surface area contributed by atoms with E-state index in [0.717, 1.165) is 37.4 Å². The van der Waals surface area contributed by atoms with Gasteiger partial charge in [-0.2, -0.15) is 0 Å². The number of amides is 1. The summed E-state index contributed by atoms with van der Waals surface area (Å²) in [5.74, 6) is 1.68. The maximum Gasteiger partial charge on any atom is 0.236 e. The Morgan fingerprint density at radius 2 is 1.86 bits per heavy atom. The average molecular weight is 292 g/mol. The third-order valence-corrected chi connectivity index (χ3v) is 3.42. The minimum Gasteiger partial charge on any atom is -0.490 e. The van der Waals surface area contributed by atoms with Gasteiger partial charge in [0.15, 0.2) is 11.5 Å². The Labute approximate surface area is 126 Å². The number of likely N-dealkylation sites (tertiary alicyclic amines) is 1. The minimum atomic E-state index is 0.183. The number of hydrogen-bond acceptors (Lipinski definition) is 4. The monoisotopic (exact) mass is 292 g/mol. The summed E-state index contributed by atoms with van der Waals surface area (Å²) in [6.07, 6.45) is 2.26. The number of para-hydroxylation sites is 2. The molecular weight excluding hydrogens is 268 g/mol. The number of ether oxygens (including phenoxy) is 2. The third kappa shape index (κ3) is 4.93. The van der Waals surface area contributed by atoms with Crippen molar-refractivity contribution < 1.29 is 14.3 Å². The van der Waals surface area contributed by atoms with Crippen LogP contribution in [0.25, 0.3) is 0 Å². The van der Waals surface area contributed by atoms with Gasteiger partial charge in [-0.25, -0.2) is 0 Å². The zero-order valence-corrected chi connectivity index (χ0v) is 12.6. The first kappa shape index (κ1) is 15.6. The van der Waals surface area contributed by atoms with Crippen LogP contribution in [0.2, 0.25) is 0 Å². The van der Waals surface area contributed by atoms with E-state index in [9.17, 15) is 4.79 Å². The molecule has 1 fully saturated rings. The van der Waals surface area contributed by atoms with Crippen LogP contribution < -0.4 is 14.8 Å². The lowest BCUT2D eigenvalue weighted by Gasteiger charge is -2.16. The Bertz CT molecular complexity index is 445. The van der Waals surface area contributed by atoms with Crippen LogP contribution >= 0.6 is 0 Å². The molecular formula is C16H24N2O3. The normalized spacial score (nSPS) is 14.2. The fraction of sp³-hybridized carbons (Fsp3) is 0.562. The lowest BCUT2D eigenvalue weighted by Crippen LogP contribution is -2.37. The van der Waals surface area contributed by atoms with Crippen LogP contribution in [-0.2, 0) is 4.79 Å². The zero-order valence-electron chi connectivity index (χ0n) is 12.6. The molecule has 0 spiro atoms. The van der Waals surface area contributed by atoms with Crippen molar-refractivity contribution in [1.29, 1.82) is 0 Å². The van der Waals surface area contributed by atoms with Crippen LogP contribution in [0, 0.1) is 0 Å². The van der Waals surface area contributed by atoms with Gasteiger partial charge >= 0.3 is 0 Å². The van der Waals surface area contributed by atoms with Gasteiger partial charge in [0.25, 0.3) is 0 Å². The second-order valence-corrected chi connectivity index (χ2v) is 4.99. The smallest absolute Gasteiger partial charge is 0.236 e. The summed E-state index contributed by atoms with van der Waals surface area (Å²) in [4.78, 5) is 13.7. The molecule has 1 N–H and O–H groups in total. The van der Waals surface area contributed by atoms with E-state index in [1.54, 1.807) is 0 Å². The van der Waals surface area contributed by atoms with Gasteiger partial charge in [0, 0.05) is 19.6 Å². The summed E-state index contributed by atoms with van der Waals surface area (Å²) in [7, 11) is 0. The van der Waals surface area contributed by atoms with Crippen LogP contribution in [-0.4, -0.2) is 50.2 Å². The molecule has 0 aliphatic carbocycles. The number of nitrogens with one attached hydrogen (secondary N) is 1. The van der Waals surface area contributed by atoms with Gasteiger partial charge in [-0.1, -0.05) is 12.1 Å². The predicted molar refractivity (Wildman–Crippen MR) is 81.8 cm³/mol.